The number of carbonyl (C=O) groups excluding carboxylic acids is 1. The number of benzene rings is 1. The van der Waals surface area contributed by atoms with Gasteiger partial charge in [-0.25, -0.2) is 0 Å². The van der Waals surface area contributed by atoms with E-state index in [2.05, 4.69) is 19.2 Å². The Hall–Kier alpha value is -1.35. The van der Waals surface area contributed by atoms with Crippen molar-refractivity contribution in [2.24, 2.45) is 5.41 Å². The van der Waals surface area contributed by atoms with E-state index in [1.165, 1.54) is 0 Å². The average molecular weight is 277 g/mol. The molecule has 0 saturated carbocycles. The van der Waals surface area contributed by atoms with Crippen LogP contribution in [-0.4, -0.2) is 23.7 Å². The second-order valence-corrected chi connectivity index (χ2v) is 6.89. The van der Waals surface area contributed by atoms with Gasteiger partial charge in [-0.2, -0.15) is 0 Å². The Morgan fingerprint density at radius 2 is 1.75 bits per heavy atom. The molecule has 3 nitrogen and oxygen atoms in total. The Kier molecular flexibility index (Phi) is 5.35. The van der Waals surface area contributed by atoms with E-state index in [9.17, 15) is 9.90 Å². The van der Waals surface area contributed by atoms with Gasteiger partial charge in [0.1, 0.15) is 0 Å². The highest BCUT2D eigenvalue weighted by Crippen LogP contribution is 2.25. The summed E-state index contributed by atoms with van der Waals surface area (Å²) in [5.41, 5.74) is 0.338. The van der Waals surface area contributed by atoms with Crippen molar-refractivity contribution in [3.8, 4) is 0 Å². The van der Waals surface area contributed by atoms with Crippen LogP contribution in [0.1, 0.15) is 46.6 Å². The minimum absolute atomic E-state index is 0.0161. The van der Waals surface area contributed by atoms with Gasteiger partial charge in [0.15, 0.2) is 0 Å². The highest BCUT2D eigenvalue weighted by molar-refractivity contribution is 5.87. The summed E-state index contributed by atoms with van der Waals surface area (Å²) in [6.07, 6.45) is 0.308. The summed E-state index contributed by atoms with van der Waals surface area (Å²) in [7, 11) is 0. The SMILES string of the molecule is CC(O)CC(C)(C)CNC(=O)C(C)(C)c1ccccc1. The maximum Gasteiger partial charge on any atom is 0.230 e. The predicted molar refractivity (Wildman–Crippen MR) is 82.6 cm³/mol. The number of carbonyl (C=O) groups is 1. The zero-order chi connectivity index (χ0) is 15.4. The number of rotatable bonds is 6. The molecular weight excluding hydrogens is 250 g/mol. The number of aliphatic hydroxyl groups excluding tert-OH is 1. The summed E-state index contributed by atoms with van der Waals surface area (Å²) in [5, 5.41) is 12.5. The maximum absolute atomic E-state index is 12.4. The van der Waals surface area contributed by atoms with E-state index in [4.69, 9.17) is 0 Å². The lowest BCUT2D eigenvalue weighted by Crippen LogP contribution is -2.44. The molecule has 0 aliphatic carbocycles. The standard InChI is InChI=1S/C17H27NO2/c1-13(19)11-16(2,3)12-18-15(20)17(4,5)14-9-7-6-8-10-14/h6-10,13,19H,11-12H2,1-5H3,(H,18,20). The maximum atomic E-state index is 12.4. The monoisotopic (exact) mass is 277 g/mol. The van der Waals surface area contributed by atoms with Crippen LogP contribution in [-0.2, 0) is 10.2 Å². The normalized spacial score (nSPS) is 13.9. The van der Waals surface area contributed by atoms with Crippen molar-refractivity contribution in [3.05, 3.63) is 35.9 Å². The molecule has 0 spiro atoms. The van der Waals surface area contributed by atoms with Gasteiger partial charge in [-0.3, -0.25) is 4.79 Å². The molecule has 2 N–H and O–H groups in total. The Balaban J connectivity index is 2.67. The number of nitrogens with one attached hydrogen (secondary N) is 1. The molecule has 1 aromatic rings. The van der Waals surface area contributed by atoms with Crippen molar-refractivity contribution in [3.63, 3.8) is 0 Å². The second kappa shape index (κ2) is 6.40. The number of aliphatic hydroxyl groups is 1. The lowest BCUT2D eigenvalue weighted by molar-refractivity contribution is -0.126. The van der Waals surface area contributed by atoms with Crippen molar-refractivity contribution in [1.82, 2.24) is 5.32 Å². The summed E-state index contributed by atoms with van der Waals surface area (Å²) in [5.74, 6) is 0.0161. The first-order valence-electron chi connectivity index (χ1n) is 7.17. The molecule has 0 heterocycles. The third-order valence-corrected chi connectivity index (χ3v) is 3.64. The van der Waals surface area contributed by atoms with Gasteiger partial charge >= 0.3 is 0 Å². The zero-order valence-corrected chi connectivity index (χ0v) is 13.2. The molecule has 0 aliphatic rings. The Morgan fingerprint density at radius 1 is 1.20 bits per heavy atom. The lowest BCUT2D eigenvalue weighted by atomic mass is 9.82. The van der Waals surface area contributed by atoms with Gasteiger partial charge in [0.2, 0.25) is 5.91 Å². The average Bonchev–Trinajstić information content (AvgIpc) is 2.35. The number of hydrogen-bond acceptors (Lipinski definition) is 2. The molecule has 1 unspecified atom stereocenters. The number of amides is 1. The van der Waals surface area contributed by atoms with Crippen LogP contribution in [0.2, 0.25) is 0 Å². The van der Waals surface area contributed by atoms with Gasteiger partial charge in [0, 0.05) is 6.54 Å². The van der Waals surface area contributed by atoms with E-state index in [1.54, 1.807) is 6.92 Å². The van der Waals surface area contributed by atoms with Crippen molar-refractivity contribution in [2.45, 2.75) is 52.6 Å². The van der Waals surface area contributed by atoms with Gasteiger partial charge in [0.05, 0.1) is 11.5 Å². The van der Waals surface area contributed by atoms with Crippen molar-refractivity contribution < 1.29 is 9.90 Å². The van der Waals surface area contributed by atoms with Crippen LogP contribution in [0.25, 0.3) is 0 Å². The molecule has 0 saturated heterocycles. The molecule has 1 rings (SSSR count). The molecule has 20 heavy (non-hydrogen) atoms. The van der Waals surface area contributed by atoms with Gasteiger partial charge in [-0.1, -0.05) is 44.2 Å². The summed E-state index contributed by atoms with van der Waals surface area (Å²) < 4.78 is 0. The second-order valence-electron chi connectivity index (χ2n) is 6.89. The van der Waals surface area contributed by atoms with E-state index < -0.39 is 5.41 Å². The molecule has 112 valence electrons. The minimum atomic E-state index is -0.553. The minimum Gasteiger partial charge on any atom is -0.393 e. The van der Waals surface area contributed by atoms with Crippen molar-refractivity contribution in [1.29, 1.82) is 0 Å². The molecule has 0 aliphatic heterocycles. The van der Waals surface area contributed by atoms with Gasteiger partial charge in [0.25, 0.3) is 0 Å². The lowest BCUT2D eigenvalue weighted by Gasteiger charge is -2.30. The quantitative estimate of drug-likeness (QED) is 0.840. The van der Waals surface area contributed by atoms with Crippen molar-refractivity contribution >= 4 is 5.91 Å². The predicted octanol–water partition coefficient (Wildman–Crippen LogP) is 2.88. The highest BCUT2D eigenvalue weighted by Gasteiger charge is 2.31. The summed E-state index contributed by atoms with van der Waals surface area (Å²) in [6.45, 7) is 10.3. The fourth-order valence-electron chi connectivity index (χ4n) is 2.40. The van der Waals surface area contributed by atoms with E-state index in [1.807, 2.05) is 44.2 Å². The molecule has 0 bridgehead atoms. The largest absolute Gasteiger partial charge is 0.393 e. The molecule has 0 fully saturated rings. The van der Waals surface area contributed by atoms with Crippen LogP contribution in [0.4, 0.5) is 0 Å². The van der Waals surface area contributed by atoms with Crippen LogP contribution in [0, 0.1) is 5.41 Å². The first-order valence-corrected chi connectivity index (χ1v) is 7.17. The molecule has 1 amide bonds. The molecule has 1 atom stereocenters. The summed E-state index contributed by atoms with van der Waals surface area (Å²) in [6, 6.07) is 9.79. The van der Waals surface area contributed by atoms with E-state index in [0.717, 1.165) is 5.56 Å². The fraction of sp³-hybridized carbons (Fsp3) is 0.588. The van der Waals surface area contributed by atoms with Gasteiger partial charge in [-0.15, -0.1) is 0 Å². The van der Waals surface area contributed by atoms with Crippen LogP contribution in [0.5, 0.6) is 0 Å². The Morgan fingerprint density at radius 3 is 2.25 bits per heavy atom. The molecular formula is C17H27NO2. The summed E-state index contributed by atoms with van der Waals surface area (Å²) in [4.78, 5) is 12.4. The van der Waals surface area contributed by atoms with E-state index >= 15 is 0 Å². The first kappa shape index (κ1) is 16.7. The highest BCUT2D eigenvalue weighted by atomic mass is 16.3. The Labute approximate surface area is 122 Å². The molecule has 0 aromatic heterocycles. The van der Waals surface area contributed by atoms with Crippen LogP contribution < -0.4 is 5.32 Å². The van der Waals surface area contributed by atoms with Crippen LogP contribution in [0.3, 0.4) is 0 Å². The van der Waals surface area contributed by atoms with Crippen molar-refractivity contribution in [2.75, 3.05) is 6.54 Å². The van der Waals surface area contributed by atoms with E-state index in [-0.39, 0.29) is 17.4 Å². The van der Waals surface area contributed by atoms with Crippen LogP contribution in [0.15, 0.2) is 30.3 Å². The van der Waals surface area contributed by atoms with Gasteiger partial charge in [-0.05, 0) is 38.2 Å². The van der Waals surface area contributed by atoms with E-state index in [0.29, 0.717) is 13.0 Å². The first-order chi connectivity index (χ1) is 9.15. The fourth-order valence-corrected chi connectivity index (χ4v) is 2.40. The number of hydrogen-bond donors (Lipinski definition) is 2. The molecule has 3 heteroatoms. The molecule has 0 radical (unpaired) electrons. The Bertz CT molecular complexity index is 436. The summed E-state index contributed by atoms with van der Waals surface area (Å²) >= 11 is 0. The topological polar surface area (TPSA) is 49.3 Å². The molecule has 1 aromatic carbocycles. The van der Waals surface area contributed by atoms with Gasteiger partial charge < -0.3 is 10.4 Å². The smallest absolute Gasteiger partial charge is 0.230 e. The third-order valence-electron chi connectivity index (χ3n) is 3.64. The third kappa shape index (κ3) is 4.64. The van der Waals surface area contributed by atoms with Crippen LogP contribution >= 0.6 is 0 Å². The zero-order valence-electron chi connectivity index (χ0n) is 13.2.